The van der Waals surface area contributed by atoms with E-state index in [-0.39, 0.29) is 5.92 Å². The second-order valence-corrected chi connectivity index (χ2v) is 6.16. The van der Waals surface area contributed by atoms with Crippen molar-refractivity contribution in [1.29, 1.82) is 0 Å². The molecule has 0 spiro atoms. The molecule has 0 bridgehead atoms. The van der Waals surface area contributed by atoms with E-state index in [0.717, 1.165) is 17.8 Å². The third kappa shape index (κ3) is 3.79. The van der Waals surface area contributed by atoms with Crippen molar-refractivity contribution in [2.45, 2.75) is 26.0 Å². The van der Waals surface area contributed by atoms with E-state index in [9.17, 15) is 4.21 Å². The van der Waals surface area contributed by atoms with Gasteiger partial charge in [0.05, 0.1) is 22.2 Å². The molecule has 0 aromatic carbocycles. The molecule has 0 amide bonds. The van der Waals surface area contributed by atoms with Crippen molar-refractivity contribution in [1.82, 2.24) is 9.78 Å². The number of halogens is 1. The van der Waals surface area contributed by atoms with Crippen LogP contribution in [0.4, 0.5) is 0 Å². The van der Waals surface area contributed by atoms with E-state index >= 15 is 0 Å². The molecule has 2 N–H and O–H groups in total. The summed E-state index contributed by atoms with van der Waals surface area (Å²) in [6, 6.07) is 0. The van der Waals surface area contributed by atoms with Gasteiger partial charge in [0.2, 0.25) is 0 Å². The van der Waals surface area contributed by atoms with E-state index in [1.807, 2.05) is 20.9 Å². The molecular formula is C11H20ClN3OS. The Labute approximate surface area is 110 Å². The molecule has 1 aromatic rings. The van der Waals surface area contributed by atoms with Crippen molar-refractivity contribution in [3.05, 3.63) is 16.4 Å². The summed E-state index contributed by atoms with van der Waals surface area (Å²) in [4.78, 5) is 0. The highest BCUT2D eigenvalue weighted by Gasteiger charge is 2.16. The van der Waals surface area contributed by atoms with Gasteiger partial charge in [-0.15, -0.1) is 0 Å². The molecule has 6 heteroatoms. The quantitative estimate of drug-likeness (QED) is 0.857. The lowest BCUT2D eigenvalue weighted by molar-refractivity contribution is 0.637. The molecule has 17 heavy (non-hydrogen) atoms. The summed E-state index contributed by atoms with van der Waals surface area (Å²) in [7, 11) is 0.902. The van der Waals surface area contributed by atoms with Crippen molar-refractivity contribution >= 4 is 22.4 Å². The zero-order valence-electron chi connectivity index (χ0n) is 10.6. The second kappa shape index (κ2) is 6.52. The Balaban J connectivity index is 2.74. The van der Waals surface area contributed by atoms with Gasteiger partial charge < -0.3 is 5.73 Å². The number of hydrogen-bond donors (Lipinski definition) is 1. The number of rotatable bonds is 6. The van der Waals surface area contributed by atoms with Gasteiger partial charge in [-0.1, -0.05) is 25.4 Å². The van der Waals surface area contributed by atoms with Gasteiger partial charge in [0.1, 0.15) is 0 Å². The van der Waals surface area contributed by atoms with Crippen molar-refractivity contribution in [2.24, 2.45) is 18.7 Å². The largest absolute Gasteiger partial charge is 0.330 e. The number of aromatic nitrogens is 2. The van der Waals surface area contributed by atoms with Crippen LogP contribution in [-0.2, 0) is 30.0 Å². The third-order valence-electron chi connectivity index (χ3n) is 2.67. The Hall–Kier alpha value is -0.390. The van der Waals surface area contributed by atoms with Crippen LogP contribution in [0.25, 0.3) is 0 Å². The van der Waals surface area contributed by atoms with E-state index in [2.05, 4.69) is 5.10 Å². The van der Waals surface area contributed by atoms with Gasteiger partial charge in [-0.05, 0) is 18.9 Å². The standard InChI is InChI=1S/C11H20ClN3OS/c1-4-9-11(12)10(15(3)14-9)7-17(16)6-8(2)5-13/h8H,4-7,13H2,1-3H3. The summed E-state index contributed by atoms with van der Waals surface area (Å²) in [5.74, 6) is 1.33. The minimum absolute atomic E-state index is 0.272. The molecule has 0 fully saturated rings. The summed E-state index contributed by atoms with van der Waals surface area (Å²) in [6.45, 7) is 4.57. The lowest BCUT2D eigenvalue weighted by Crippen LogP contribution is -2.19. The molecule has 0 aliphatic heterocycles. The van der Waals surface area contributed by atoms with Crippen LogP contribution in [0.2, 0.25) is 5.02 Å². The molecule has 0 saturated carbocycles. The molecule has 4 nitrogen and oxygen atoms in total. The fraction of sp³-hybridized carbons (Fsp3) is 0.727. The predicted octanol–water partition coefficient (Wildman–Crippen LogP) is 1.48. The van der Waals surface area contributed by atoms with Crippen molar-refractivity contribution in [2.75, 3.05) is 12.3 Å². The monoisotopic (exact) mass is 277 g/mol. The zero-order chi connectivity index (χ0) is 13.0. The molecule has 1 heterocycles. The van der Waals surface area contributed by atoms with Crippen LogP contribution in [0, 0.1) is 5.92 Å². The Kier molecular flexibility index (Phi) is 5.62. The van der Waals surface area contributed by atoms with Gasteiger partial charge in [0, 0.05) is 23.6 Å². The van der Waals surface area contributed by atoms with Gasteiger partial charge in [-0.2, -0.15) is 5.10 Å². The van der Waals surface area contributed by atoms with Crippen LogP contribution >= 0.6 is 11.6 Å². The molecule has 98 valence electrons. The molecule has 1 aromatic heterocycles. The summed E-state index contributed by atoms with van der Waals surface area (Å²) >= 11 is 6.20. The Morgan fingerprint density at radius 1 is 1.59 bits per heavy atom. The fourth-order valence-corrected chi connectivity index (χ4v) is 3.54. The first-order valence-electron chi connectivity index (χ1n) is 5.74. The first-order chi connectivity index (χ1) is 7.99. The lowest BCUT2D eigenvalue weighted by atomic mass is 10.2. The molecule has 0 aliphatic carbocycles. The molecule has 1 rings (SSSR count). The number of hydrogen-bond acceptors (Lipinski definition) is 3. The molecule has 2 unspecified atom stereocenters. The molecule has 0 aliphatic rings. The predicted molar refractivity (Wildman–Crippen MR) is 72.5 cm³/mol. The fourth-order valence-electron chi connectivity index (χ4n) is 1.57. The Morgan fingerprint density at radius 3 is 2.71 bits per heavy atom. The number of nitrogens with two attached hydrogens (primary N) is 1. The summed E-state index contributed by atoms with van der Waals surface area (Å²) in [6.07, 6.45) is 0.790. The van der Waals surface area contributed by atoms with Gasteiger partial charge in [0.15, 0.2) is 0 Å². The first-order valence-corrected chi connectivity index (χ1v) is 7.61. The van der Waals surface area contributed by atoms with Gasteiger partial charge >= 0.3 is 0 Å². The Bertz CT molecular complexity index is 406. The highest BCUT2D eigenvalue weighted by atomic mass is 35.5. The third-order valence-corrected chi connectivity index (χ3v) is 4.65. The summed E-state index contributed by atoms with van der Waals surface area (Å²) in [5.41, 5.74) is 7.24. The van der Waals surface area contributed by atoms with E-state index in [1.54, 1.807) is 4.68 Å². The van der Waals surface area contributed by atoms with Crippen LogP contribution in [0.3, 0.4) is 0 Å². The van der Waals surface area contributed by atoms with Gasteiger partial charge in [-0.25, -0.2) is 0 Å². The Morgan fingerprint density at radius 2 is 2.24 bits per heavy atom. The molecule has 0 saturated heterocycles. The first kappa shape index (κ1) is 14.7. The average Bonchev–Trinajstić information content (AvgIpc) is 2.56. The highest BCUT2D eigenvalue weighted by molar-refractivity contribution is 7.84. The second-order valence-electron chi connectivity index (χ2n) is 4.28. The summed E-state index contributed by atoms with van der Waals surface area (Å²) in [5, 5.41) is 4.96. The molecular weight excluding hydrogens is 258 g/mol. The molecule has 0 radical (unpaired) electrons. The van der Waals surface area contributed by atoms with Crippen molar-refractivity contribution in [3.8, 4) is 0 Å². The number of nitrogens with zero attached hydrogens (tertiary/aromatic N) is 2. The van der Waals surface area contributed by atoms with E-state index in [0.29, 0.717) is 23.1 Å². The molecule has 2 atom stereocenters. The topological polar surface area (TPSA) is 60.9 Å². The van der Waals surface area contributed by atoms with Gasteiger partial charge in [-0.3, -0.25) is 8.89 Å². The minimum atomic E-state index is -0.935. The van der Waals surface area contributed by atoms with Crippen LogP contribution in [-0.4, -0.2) is 26.3 Å². The smallest absolute Gasteiger partial charge is 0.0859 e. The van der Waals surface area contributed by atoms with Gasteiger partial charge in [0.25, 0.3) is 0 Å². The average molecular weight is 278 g/mol. The maximum Gasteiger partial charge on any atom is 0.0859 e. The van der Waals surface area contributed by atoms with Crippen LogP contribution in [0.15, 0.2) is 0 Å². The van der Waals surface area contributed by atoms with E-state index < -0.39 is 10.8 Å². The SMILES string of the molecule is CCc1nn(C)c(CS(=O)CC(C)CN)c1Cl. The summed E-state index contributed by atoms with van der Waals surface area (Å²) < 4.78 is 13.7. The number of aryl methyl sites for hydroxylation is 2. The highest BCUT2D eigenvalue weighted by Crippen LogP contribution is 2.22. The van der Waals surface area contributed by atoms with E-state index in [1.165, 1.54) is 0 Å². The normalized spacial score (nSPS) is 14.9. The van der Waals surface area contributed by atoms with Crippen LogP contribution in [0.5, 0.6) is 0 Å². The van der Waals surface area contributed by atoms with Crippen LogP contribution < -0.4 is 5.73 Å². The lowest BCUT2D eigenvalue weighted by Gasteiger charge is -2.08. The van der Waals surface area contributed by atoms with Crippen molar-refractivity contribution in [3.63, 3.8) is 0 Å². The minimum Gasteiger partial charge on any atom is -0.330 e. The van der Waals surface area contributed by atoms with Crippen molar-refractivity contribution < 1.29 is 4.21 Å². The van der Waals surface area contributed by atoms with E-state index in [4.69, 9.17) is 17.3 Å². The zero-order valence-corrected chi connectivity index (χ0v) is 12.1. The van der Waals surface area contributed by atoms with Crippen LogP contribution in [0.1, 0.15) is 25.2 Å². The maximum absolute atomic E-state index is 11.9. The maximum atomic E-state index is 11.9.